The van der Waals surface area contributed by atoms with Crippen LogP contribution in [0.25, 0.3) is 10.8 Å². The van der Waals surface area contributed by atoms with E-state index in [1.165, 1.54) is 42.1 Å². The van der Waals surface area contributed by atoms with Crippen LogP contribution in [0.4, 0.5) is 0 Å². The van der Waals surface area contributed by atoms with Gasteiger partial charge in [0.25, 0.3) is 0 Å². The molecule has 3 rings (SSSR count). The van der Waals surface area contributed by atoms with Crippen LogP contribution in [-0.2, 0) is 0 Å². The van der Waals surface area contributed by atoms with E-state index in [1.807, 2.05) is 0 Å². The molecule has 1 atom stereocenters. The average Bonchev–Trinajstić information content (AvgIpc) is 2.48. The summed E-state index contributed by atoms with van der Waals surface area (Å²) in [5.41, 5.74) is 7.81. The van der Waals surface area contributed by atoms with E-state index >= 15 is 0 Å². The second-order valence-corrected chi connectivity index (χ2v) is 6.32. The molecule has 0 amide bonds. The number of benzene rings is 2. The first kappa shape index (κ1) is 14.6. The van der Waals surface area contributed by atoms with Gasteiger partial charge in [-0.05, 0) is 41.6 Å². The molecule has 1 fully saturated rings. The van der Waals surface area contributed by atoms with Crippen LogP contribution in [0.15, 0.2) is 42.5 Å². The molecule has 2 N–H and O–H groups in total. The Labute approximate surface area is 127 Å². The number of likely N-dealkylation sites (N-methyl/N-ethyl adjacent to an activating group) is 1. The predicted molar refractivity (Wildman–Crippen MR) is 90.3 cm³/mol. The van der Waals surface area contributed by atoms with Gasteiger partial charge in [0, 0.05) is 19.1 Å². The van der Waals surface area contributed by atoms with Crippen molar-refractivity contribution in [3.8, 4) is 0 Å². The van der Waals surface area contributed by atoms with Gasteiger partial charge in [-0.1, -0.05) is 55.8 Å². The van der Waals surface area contributed by atoms with Gasteiger partial charge in [-0.25, -0.2) is 0 Å². The van der Waals surface area contributed by atoms with Crippen molar-refractivity contribution in [3.05, 3.63) is 48.0 Å². The lowest BCUT2D eigenvalue weighted by Crippen LogP contribution is -2.37. The third-order valence-electron chi connectivity index (χ3n) is 4.87. The fraction of sp³-hybridized carbons (Fsp3) is 0.474. The van der Waals surface area contributed by atoms with E-state index in [2.05, 4.69) is 54.3 Å². The zero-order valence-electron chi connectivity index (χ0n) is 13.0. The molecule has 2 heteroatoms. The van der Waals surface area contributed by atoms with Crippen LogP contribution in [0.3, 0.4) is 0 Å². The van der Waals surface area contributed by atoms with Gasteiger partial charge in [0.15, 0.2) is 0 Å². The van der Waals surface area contributed by atoms with Crippen LogP contribution in [0.1, 0.15) is 37.8 Å². The molecule has 1 unspecified atom stereocenters. The number of hydrogen-bond donors (Lipinski definition) is 1. The first-order chi connectivity index (χ1) is 10.3. The third-order valence-corrected chi connectivity index (χ3v) is 4.87. The maximum atomic E-state index is 6.53. The topological polar surface area (TPSA) is 29.3 Å². The van der Waals surface area contributed by atoms with Crippen molar-refractivity contribution in [2.45, 2.75) is 32.2 Å². The predicted octanol–water partition coefficient (Wildman–Crippen LogP) is 3.96. The maximum absolute atomic E-state index is 6.53. The molecule has 112 valence electrons. The average molecular weight is 282 g/mol. The van der Waals surface area contributed by atoms with Crippen molar-refractivity contribution in [3.63, 3.8) is 0 Å². The van der Waals surface area contributed by atoms with Gasteiger partial charge in [-0.2, -0.15) is 0 Å². The van der Waals surface area contributed by atoms with Gasteiger partial charge in [-0.15, -0.1) is 0 Å². The van der Waals surface area contributed by atoms with Crippen LogP contribution < -0.4 is 5.73 Å². The number of hydrogen-bond acceptors (Lipinski definition) is 2. The van der Waals surface area contributed by atoms with Gasteiger partial charge in [0.2, 0.25) is 0 Å². The number of fused-ring (bicyclic) bond motifs is 1. The summed E-state index contributed by atoms with van der Waals surface area (Å²) in [5.74, 6) is 0.907. The van der Waals surface area contributed by atoms with Gasteiger partial charge in [0.05, 0.1) is 0 Å². The first-order valence-corrected chi connectivity index (χ1v) is 8.23. The van der Waals surface area contributed by atoms with Gasteiger partial charge in [0.1, 0.15) is 0 Å². The first-order valence-electron chi connectivity index (χ1n) is 8.23. The van der Waals surface area contributed by atoms with E-state index in [0.717, 1.165) is 19.0 Å². The summed E-state index contributed by atoms with van der Waals surface area (Å²) in [4.78, 5) is 2.52. The highest BCUT2D eigenvalue weighted by atomic mass is 15.1. The molecular formula is C19H26N2. The maximum Gasteiger partial charge on any atom is 0.0430 e. The quantitative estimate of drug-likeness (QED) is 0.869. The summed E-state index contributed by atoms with van der Waals surface area (Å²) in [6.07, 6.45) is 4.22. The monoisotopic (exact) mass is 282 g/mol. The Bertz CT molecular complexity index is 584. The number of rotatable bonds is 6. The van der Waals surface area contributed by atoms with Gasteiger partial charge >= 0.3 is 0 Å². The molecule has 1 saturated carbocycles. The zero-order valence-corrected chi connectivity index (χ0v) is 13.0. The highest BCUT2D eigenvalue weighted by Gasteiger charge is 2.21. The molecule has 2 nitrogen and oxygen atoms in total. The Morgan fingerprint density at radius 1 is 1.14 bits per heavy atom. The lowest BCUT2D eigenvalue weighted by Gasteiger charge is -2.33. The second-order valence-electron chi connectivity index (χ2n) is 6.32. The fourth-order valence-corrected chi connectivity index (χ4v) is 3.32. The minimum Gasteiger partial charge on any atom is -0.323 e. The summed E-state index contributed by atoms with van der Waals surface area (Å²) in [6.45, 7) is 5.51. The number of nitrogens with two attached hydrogens (primary N) is 1. The summed E-state index contributed by atoms with van der Waals surface area (Å²) in [6, 6.07) is 15.1. The summed E-state index contributed by atoms with van der Waals surface area (Å²) in [5, 5.41) is 2.58. The smallest absolute Gasteiger partial charge is 0.0430 e. The largest absolute Gasteiger partial charge is 0.323 e. The van der Waals surface area contributed by atoms with E-state index in [9.17, 15) is 0 Å². The molecule has 0 heterocycles. The highest BCUT2D eigenvalue weighted by Crippen LogP contribution is 2.28. The van der Waals surface area contributed by atoms with Crippen molar-refractivity contribution in [2.24, 2.45) is 11.7 Å². The van der Waals surface area contributed by atoms with Crippen molar-refractivity contribution in [2.75, 3.05) is 19.6 Å². The molecule has 1 aliphatic carbocycles. The Morgan fingerprint density at radius 3 is 2.62 bits per heavy atom. The van der Waals surface area contributed by atoms with Crippen molar-refractivity contribution < 1.29 is 0 Å². The molecule has 0 aromatic heterocycles. The van der Waals surface area contributed by atoms with E-state index in [-0.39, 0.29) is 6.04 Å². The molecule has 1 aliphatic rings. The Hall–Kier alpha value is -1.38. The second kappa shape index (κ2) is 6.59. The zero-order chi connectivity index (χ0) is 14.7. The van der Waals surface area contributed by atoms with Crippen molar-refractivity contribution in [1.82, 2.24) is 4.90 Å². The lowest BCUT2D eigenvalue weighted by molar-refractivity contribution is 0.177. The normalized spacial score (nSPS) is 17.1. The van der Waals surface area contributed by atoms with Crippen LogP contribution in [0.5, 0.6) is 0 Å². The Kier molecular flexibility index (Phi) is 4.57. The Morgan fingerprint density at radius 2 is 1.90 bits per heavy atom. The summed E-state index contributed by atoms with van der Waals surface area (Å²) < 4.78 is 0. The van der Waals surface area contributed by atoms with Crippen molar-refractivity contribution >= 4 is 10.8 Å². The minimum absolute atomic E-state index is 0.0936. The highest BCUT2D eigenvalue weighted by molar-refractivity contribution is 5.86. The molecule has 0 radical (unpaired) electrons. The van der Waals surface area contributed by atoms with Crippen LogP contribution in [0, 0.1) is 5.92 Å². The van der Waals surface area contributed by atoms with Crippen LogP contribution in [0.2, 0.25) is 0 Å². The molecule has 2 aromatic carbocycles. The van der Waals surface area contributed by atoms with E-state index in [4.69, 9.17) is 5.73 Å². The van der Waals surface area contributed by atoms with Crippen molar-refractivity contribution in [1.29, 1.82) is 0 Å². The van der Waals surface area contributed by atoms with E-state index in [0.29, 0.717) is 0 Å². The van der Waals surface area contributed by atoms with Gasteiger partial charge < -0.3 is 10.6 Å². The molecule has 0 aliphatic heterocycles. The van der Waals surface area contributed by atoms with Crippen LogP contribution in [-0.4, -0.2) is 24.5 Å². The molecule has 0 bridgehead atoms. The standard InChI is InChI=1S/C19H26N2/c1-2-21(13-15-7-5-8-15)14-19(20)18-12-6-10-16-9-3-4-11-17(16)18/h3-4,6,9-12,15,19H,2,5,7-8,13-14,20H2,1H3. The third kappa shape index (κ3) is 3.28. The SMILES string of the molecule is CCN(CC1CCC1)CC(N)c1cccc2ccccc12. The molecule has 2 aromatic rings. The molecule has 0 spiro atoms. The Balaban J connectivity index is 1.74. The van der Waals surface area contributed by atoms with E-state index < -0.39 is 0 Å². The lowest BCUT2D eigenvalue weighted by atomic mass is 9.85. The summed E-state index contributed by atoms with van der Waals surface area (Å²) in [7, 11) is 0. The molecule has 0 saturated heterocycles. The molecule has 21 heavy (non-hydrogen) atoms. The summed E-state index contributed by atoms with van der Waals surface area (Å²) >= 11 is 0. The van der Waals surface area contributed by atoms with Gasteiger partial charge in [-0.3, -0.25) is 0 Å². The van der Waals surface area contributed by atoms with E-state index in [1.54, 1.807) is 0 Å². The fourth-order valence-electron chi connectivity index (χ4n) is 3.32. The van der Waals surface area contributed by atoms with Crippen LogP contribution >= 0.6 is 0 Å². The number of nitrogens with zero attached hydrogens (tertiary/aromatic N) is 1. The molecular weight excluding hydrogens is 256 g/mol. The minimum atomic E-state index is 0.0936.